The SMILES string of the molecule is CC(C)CNc1cnc2n(c1=O)[C@H](C(=O)NCc1ccc(/N=C/NC(=O)OC(C)(C)C)cc1)CC2. The summed E-state index contributed by atoms with van der Waals surface area (Å²) in [6.45, 7) is 10.4. The van der Waals surface area contributed by atoms with Gasteiger partial charge >= 0.3 is 6.09 Å². The Balaban J connectivity index is 1.55. The molecule has 35 heavy (non-hydrogen) atoms. The molecule has 1 aromatic heterocycles. The maximum Gasteiger partial charge on any atom is 0.412 e. The number of carbonyl (C=O) groups is 2. The monoisotopic (exact) mass is 482 g/mol. The van der Waals surface area contributed by atoms with E-state index in [1.165, 1.54) is 10.9 Å². The number of hydrogen-bond acceptors (Lipinski definition) is 7. The first-order chi connectivity index (χ1) is 16.5. The molecule has 1 aromatic carbocycles. The predicted molar refractivity (Wildman–Crippen MR) is 135 cm³/mol. The molecule has 10 heteroatoms. The standard InChI is InChI=1S/C25H34N6O4/c1-16(2)12-26-19-14-27-21-11-10-20(31(21)23(19)33)22(32)28-13-17-6-8-18(9-7-17)29-15-30-24(34)35-25(3,4)5/h6-9,14-16,20,26H,10-13H2,1-5H3,(H,28,32)(H,29,30,34)/t20-/m0/s1. The molecule has 10 nitrogen and oxygen atoms in total. The van der Waals surface area contributed by atoms with Crippen LogP contribution >= 0.6 is 0 Å². The van der Waals surface area contributed by atoms with E-state index in [0.29, 0.717) is 49.0 Å². The number of nitrogens with zero attached hydrogens (tertiary/aromatic N) is 3. The number of carbonyl (C=O) groups excluding carboxylic acids is 2. The van der Waals surface area contributed by atoms with Crippen molar-refractivity contribution in [2.24, 2.45) is 10.9 Å². The molecule has 0 aliphatic carbocycles. The summed E-state index contributed by atoms with van der Waals surface area (Å²) in [5, 5.41) is 8.50. The minimum absolute atomic E-state index is 0.211. The maximum atomic E-state index is 12.9. The van der Waals surface area contributed by atoms with Crippen LogP contribution in [0.5, 0.6) is 0 Å². The van der Waals surface area contributed by atoms with Crippen LogP contribution in [-0.2, 0) is 22.5 Å². The van der Waals surface area contributed by atoms with Crippen LogP contribution in [0.1, 0.15) is 58.5 Å². The smallest absolute Gasteiger partial charge is 0.412 e. The van der Waals surface area contributed by atoms with Crippen LogP contribution in [0.25, 0.3) is 0 Å². The van der Waals surface area contributed by atoms with Crippen LogP contribution in [-0.4, -0.2) is 40.0 Å². The van der Waals surface area contributed by atoms with Crippen molar-refractivity contribution >= 4 is 29.7 Å². The van der Waals surface area contributed by atoms with Gasteiger partial charge in [-0.25, -0.2) is 14.8 Å². The third-order valence-electron chi connectivity index (χ3n) is 5.22. The molecular formula is C25H34N6O4. The topological polar surface area (TPSA) is 127 Å². The van der Waals surface area contributed by atoms with Gasteiger partial charge in [-0.05, 0) is 50.8 Å². The average molecular weight is 483 g/mol. The second-order valence-corrected chi connectivity index (χ2v) is 9.88. The zero-order chi connectivity index (χ0) is 25.6. The van der Waals surface area contributed by atoms with Crippen LogP contribution < -0.4 is 21.5 Å². The zero-order valence-corrected chi connectivity index (χ0v) is 20.9. The first-order valence-electron chi connectivity index (χ1n) is 11.8. The third-order valence-corrected chi connectivity index (χ3v) is 5.22. The van der Waals surface area contributed by atoms with E-state index in [4.69, 9.17) is 4.74 Å². The van der Waals surface area contributed by atoms with Crippen molar-refractivity contribution < 1.29 is 14.3 Å². The predicted octanol–water partition coefficient (Wildman–Crippen LogP) is 3.30. The van der Waals surface area contributed by atoms with Crippen molar-refractivity contribution in [3.05, 3.63) is 52.2 Å². The number of benzene rings is 1. The van der Waals surface area contributed by atoms with Crippen LogP contribution in [0.2, 0.25) is 0 Å². The quantitative estimate of drug-likeness (QED) is 0.391. The first-order valence-corrected chi connectivity index (χ1v) is 11.8. The van der Waals surface area contributed by atoms with E-state index in [0.717, 1.165) is 5.56 Å². The number of anilines is 1. The molecule has 0 saturated heterocycles. The Morgan fingerprint density at radius 3 is 2.63 bits per heavy atom. The van der Waals surface area contributed by atoms with Gasteiger partial charge in [0, 0.05) is 19.5 Å². The number of fused-ring (bicyclic) bond motifs is 1. The highest BCUT2D eigenvalue weighted by Gasteiger charge is 2.31. The Morgan fingerprint density at radius 1 is 1.26 bits per heavy atom. The summed E-state index contributed by atoms with van der Waals surface area (Å²) in [6.07, 6.45) is 3.38. The summed E-state index contributed by atoms with van der Waals surface area (Å²) in [7, 11) is 0. The highest BCUT2D eigenvalue weighted by Crippen LogP contribution is 2.23. The van der Waals surface area contributed by atoms with Gasteiger partial charge in [-0.3, -0.25) is 19.5 Å². The molecule has 1 aliphatic heterocycles. The number of amides is 2. The fourth-order valence-electron chi connectivity index (χ4n) is 3.56. The molecule has 1 atom stereocenters. The largest absolute Gasteiger partial charge is 0.444 e. The van der Waals surface area contributed by atoms with Gasteiger partial charge in [0.2, 0.25) is 5.91 Å². The van der Waals surface area contributed by atoms with E-state index in [-0.39, 0.29) is 11.5 Å². The van der Waals surface area contributed by atoms with Crippen LogP contribution in [0.15, 0.2) is 40.2 Å². The number of nitrogens with one attached hydrogen (secondary N) is 3. The van der Waals surface area contributed by atoms with E-state index in [2.05, 4.69) is 39.8 Å². The lowest BCUT2D eigenvalue weighted by Crippen LogP contribution is -2.36. The number of ether oxygens (including phenoxy) is 1. The minimum Gasteiger partial charge on any atom is -0.444 e. The summed E-state index contributed by atoms with van der Waals surface area (Å²) >= 11 is 0. The Bertz CT molecular complexity index is 1130. The lowest BCUT2D eigenvalue weighted by atomic mass is 10.1. The van der Waals surface area contributed by atoms with E-state index in [1.807, 2.05) is 12.1 Å². The zero-order valence-electron chi connectivity index (χ0n) is 20.9. The number of aryl methyl sites for hydroxylation is 1. The van der Waals surface area contributed by atoms with Gasteiger partial charge in [0.25, 0.3) is 5.56 Å². The molecule has 0 saturated carbocycles. The molecule has 2 aromatic rings. The number of rotatable bonds is 8. The highest BCUT2D eigenvalue weighted by molar-refractivity contribution is 5.83. The lowest BCUT2D eigenvalue weighted by Gasteiger charge is -2.18. The van der Waals surface area contributed by atoms with Crippen LogP contribution in [0.3, 0.4) is 0 Å². The van der Waals surface area contributed by atoms with Crippen molar-refractivity contribution in [1.29, 1.82) is 0 Å². The molecule has 0 spiro atoms. The molecule has 2 heterocycles. The van der Waals surface area contributed by atoms with E-state index < -0.39 is 17.7 Å². The summed E-state index contributed by atoms with van der Waals surface area (Å²) in [5.74, 6) is 0.801. The van der Waals surface area contributed by atoms with Gasteiger partial charge in [-0.1, -0.05) is 26.0 Å². The minimum atomic E-state index is -0.582. The second kappa shape index (κ2) is 11.2. The molecule has 0 radical (unpaired) electrons. The molecule has 0 fully saturated rings. The van der Waals surface area contributed by atoms with Crippen molar-refractivity contribution in [2.45, 2.75) is 65.6 Å². The van der Waals surface area contributed by atoms with Gasteiger partial charge in [-0.15, -0.1) is 0 Å². The summed E-state index contributed by atoms with van der Waals surface area (Å²) in [5.41, 5.74) is 1.14. The van der Waals surface area contributed by atoms with Crippen molar-refractivity contribution in [3.8, 4) is 0 Å². The molecule has 3 rings (SSSR count). The Hall–Kier alpha value is -3.69. The summed E-state index contributed by atoms with van der Waals surface area (Å²) in [4.78, 5) is 46.0. The number of aliphatic imine (C=N–C) groups is 1. The molecule has 3 N–H and O–H groups in total. The highest BCUT2D eigenvalue weighted by atomic mass is 16.6. The Morgan fingerprint density at radius 2 is 1.97 bits per heavy atom. The van der Waals surface area contributed by atoms with Crippen LogP contribution in [0.4, 0.5) is 16.2 Å². The van der Waals surface area contributed by atoms with Gasteiger partial charge < -0.3 is 15.4 Å². The molecule has 0 bridgehead atoms. The molecular weight excluding hydrogens is 448 g/mol. The normalized spacial score (nSPS) is 15.2. The Labute approximate surface area is 205 Å². The molecule has 0 unspecified atom stereocenters. The third kappa shape index (κ3) is 7.40. The molecule has 2 amide bonds. The van der Waals surface area contributed by atoms with Gasteiger partial charge in [0.05, 0.1) is 18.2 Å². The summed E-state index contributed by atoms with van der Waals surface area (Å²) in [6, 6.07) is 6.66. The van der Waals surface area contributed by atoms with Crippen molar-refractivity contribution in [3.63, 3.8) is 0 Å². The van der Waals surface area contributed by atoms with E-state index >= 15 is 0 Å². The van der Waals surface area contributed by atoms with Crippen LogP contribution in [0, 0.1) is 5.92 Å². The van der Waals surface area contributed by atoms with Gasteiger partial charge in [-0.2, -0.15) is 0 Å². The second-order valence-electron chi connectivity index (χ2n) is 9.88. The average Bonchev–Trinajstić information content (AvgIpc) is 3.22. The maximum absolute atomic E-state index is 12.9. The number of alkyl carbamates (subject to hydrolysis) is 1. The molecule has 1 aliphatic rings. The van der Waals surface area contributed by atoms with Gasteiger partial charge in [0.15, 0.2) is 0 Å². The summed E-state index contributed by atoms with van der Waals surface area (Å²) < 4.78 is 6.65. The first kappa shape index (κ1) is 25.9. The van der Waals surface area contributed by atoms with Crippen molar-refractivity contribution in [1.82, 2.24) is 20.2 Å². The van der Waals surface area contributed by atoms with Crippen molar-refractivity contribution in [2.75, 3.05) is 11.9 Å². The van der Waals surface area contributed by atoms with E-state index in [9.17, 15) is 14.4 Å². The number of hydrogen-bond donors (Lipinski definition) is 3. The lowest BCUT2D eigenvalue weighted by molar-refractivity contribution is -0.124. The van der Waals surface area contributed by atoms with Gasteiger partial charge in [0.1, 0.15) is 23.2 Å². The number of aromatic nitrogens is 2. The fraction of sp³-hybridized carbons (Fsp3) is 0.480. The molecule has 188 valence electrons. The fourth-order valence-corrected chi connectivity index (χ4v) is 3.56. The Kier molecular flexibility index (Phi) is 8.26. The van der Waals surface area contributed by atoms with E-state index in [1.54, 1.807) is 39.1 Å².